The van der Waals surface area contributed by atoms with Gasteiger partial charge in [0.05, 0.1) is 42.4 Å². The molecule has 0 spiro atoms. The van der Waals surface area contributed by atoms with Gasteiger partial charge in [-0.15, -0.1) is 0 Å². The van der Waals surface area contributed by atoms with E-state index in [0.717, 1.165) is 12.1 Å². The Morgan fingerprint density at radius 3 is 2.79 bits per heavy atom. The average Bonchev–Trinajstić information content (AvgIpc) is 3.10. The lowest BCUT2D eigenvalue weighted by molar-refractivity contribution is 0.0938. The predicted molar refractivity (Wildman–Crippen MR) is 141 cm³/mol. The molecule has 0 fully saturated rings. The third-order valence-corrected chi connectivity index (χ3v) is 8.58. The molecule has 3 aromatic heterocycles. The van der Waals surface area contributed by atoms with Crippen LogP contribution in [0.15, 0.2) is 53.6 Å². The second kappa shape index (κ2) is 10.8. The highest BCUT2D eigenvalue weighted by Crippen LogP contribution is 2.36. The fraction of sp³-hybridized carbons (Fsp3) is 0.259. The largest absolute Gasteiger partial charge is 0.488 e. The molecule has 0 radical (unpaired) electrons. The van der Waals surface area contributed by atoms with Crippen LogP contribution in [0.1, 0.15) is 33.7 Å². The summed E-state index contributed by atoms with van der Waals surface area (Å²) in [5, 5.41) is 3.22. The summed E-state index contributed by atoms with van der Waals surface area (Å²) in [5.74, 6) is -0.808. The first-order valence-corrected chi connectivity index (χ1v) is 14.2. The molecule has 42 heavy (non-hydrogen) atoms. The summed E-state index contributed by atoms with van der Waals surface area (Å²) >= 11 is 0. The van der Waals surface area contributed by atoms with Gasteiger partial charge in [0.2, 0.25) is 15.3 Å². The SMILES string of the molecule is O=C(NCc1cc2nc(N3CCOc4ccc(C(F)F)nc43)ccc2cn1)c1cc(F)c2c(c1)S(=O)(=O)[C@@H](F)COC2. The summed E-state index contributed by atoms with van der Waals surface area (Å²) in [5.41, 5.74) is -2.57. The van der Waals surface area contributed by atoms with Crippen molar-refractivity contribution in [2.24, 2.45) is 0 Å². The molecule has 0 saturated carbocycles. The van der Waals surface area contributed by atoms with Crippen LogP contribution in [0, 0.1) is 5.82 Å². The summed E-state index contributed by atoms with van der Waals surface area (Å²) in [6.07, 6.45) is -1.22. The Kier molecular flexibility index (Phi) is 7.14. The topological polar surface area (TPSA) is 124 Å². The first kappa shape index (κ1) is 27.8. The van der Waals surface area contributed by atoms with Crippen LogP contribution in [-0.4, -0.2) is 54.5 Å². The van der Waals surface area contributed by atoms with E-state index in [0.29, 0.717) is 41.3 Å². The lowest BCUT2D eigenvalue weighted by atomic mass is 10.1. The van der Waals surface area contributed by atoms with Crippen molar-refractivity contribution in [3.63, 3.8) is 0 Å². The van der Waals surface area contributed by atoms with Crippen LogP contribution >= 0.6 is 0 Å². The van der Waals surface area contributed by atoms with Crippen molar-refractivity contribution in [2.45, 2.75) is 30.0 Å². The summed E-state index contributed by atoms with van der Waals surface area (Å²) in [7, 11) is -4.55. The maximum atomic E-state index is 14.7. The number of carbonyl (C=O) groups is 1. The number of alkyl halides is 3. The normalized spacial score (nSPS) is 17.7. The molecule has 15 heteroatoms. The number of aromatic nitrogens is 3. The van der Waals surface area contributed by atoms with Crippen molar-refractivity contribution in [1.29, 1.82) is 0 Å². The molecule has 1 amide bonds. The number of nitrogens with one attached hydrogen (secondary N) is 1. The Bertz CT molecular complexity index is 1820. The lowest BCUT2D eigenvalue weighted by Gasteiger charge is -2.29. The number of pyridine rings is 3. The first-order chi connectivity index (χ1) is 20.1. The molecule has 2 aliphatic rings. The Morgan fingerprint density at radius 2 is 1.98 bits per heavy atom. The fourth-order valence-corrected chi connectivity index (χ4v) is 5.98. The van der Waals surface area contributed by atoms with Gasteiger partial charge in [0, 0.05) is 22.7 Å². The molecular weight excluding hydrogens is 582 g/mol. The van der Waals surface area contributed by atoms with Gasteiger partial charge in [-0.1, -0.05) is 0 Å². The zero-order valence-corrected chi connectivity index (χ0v) is 22.4. The minimum Gasteiger partial charge on any atom is -0.488 e. The van der Waals surface area contributed by atoms with E-state index in [1.807, 2.05) is 0 Å². The monoisotopic (exact) mass is 603 g/mol. The van der Waals surface area contributed by atoms with E-state index in [-0.39, 0.29) is 23.5 Å². The van der Waals surface area contributed by atoms with E-state index in [9.17, 15) is 30.8 Å². The fourth-order valence-electron chi connectivity index (χ4n) is 4.64. The van der Waals surface area contributed by atoms with Crippen molar-refractivity contribution in [3.05, 3.63) is 77.0 Å². The van der Waals surface area contributed by atoms with Crippen molar-refractivity contribution in [1.82, 2.24) is 20.3 Å². The Hall–Kier alpha value is -4.37. The number of ether oxygens (including phenoxy) is 2. The molecule has 0 aliphatic carbocycles. The third-order valence-electron chi connectivity index (χ3n) is 6.79. The second-order valence-corrected chi connectivity index (χ2v) is 11.5. The summed E-state index contributed by atoms with van der Waals surface area (Å²) in [4.78, 5) is 26.9. The Labute approximate surface area is 236 Å². The maximum Gasteiger partial charge on any atom is 0.280 e. The molecule has 1 atom stereocenters. The van der Waals surface area contributed by atoms with Crippen LogP contribution in [0.5, 0.6) is 5.75 Å². The molecule has 0 unspecified atom stereocenters. The second-order valence-electron chi connectivity index (χ2n) is 9.48. The van der Waals surface area contributed by atoms with Gasteiger partial charge >= 0.3 is 0 Å². The van der Waals surface area contributed by atoms with Gasteiger partial charge in [0.1, 0.15) is 23.9 Å². The van der Waals surface area contributed by atoms with Crippen molar-refractivity contribution >= 4 is 38.3 Å². The van der Waals surface area contributed by atoms with E-state index in [1.54, 1.807) is 23.1 Å². The van der Waals surface area contributed by atoms with Crippen LogP contribution in [0.2, 0.25) is 0 Å². The number of rotatable bonds is 5. The molecule has 0 bridgehead atoms. The number of fused-ring (bicyclic) bond motifs is 3. The van der Waals surface area contributed by atoms with Gasteiger partial charge in [-0.2, -0.15) is 0 Å². The zero-order valence-electron chi connectivity index (χ0n) is 21.6. The van der Waals surface area contributed by atoms with Crippen LogP contribution in [-0.2, 0) is 27.7 Å². The molecule has 6 rings (SSSR count). The quantitative estimate of drug-likeness (QED) is 0.335. The van der Waals surface area contributed by atoms with E-state index in [2.05, 4.69) is 20.3 Å². The molecule has 2 aliphatic heterocycles. The summed E-state index contributed by atoms with van der Waals surface area (Å²) in [6.45, 7) is -0.702. The Balaban J connectivity index is 1.24. The van der Waals surface area contributed by atoms with Crippen LogP contribution in [0.4, 0.5) is 29.2 Å². The number of hydrogen-bond donors (Lipinski definition) is 1. The minimum absolute atomic E-state index is 0.124. The van der Waals surface area contributed by atoms with E-state index in [1.165, 1.54) is 18.3 Å². The third kappa shape index (κ3) is 5.09. The number of halogens is 4. The highest BCUT2D eigenvalue weighted by molar-refractivity contribution is 7.92. The van der Waals surface area contributed by atoms with Crippen molar-refractivity contribution in [3.8, 4) is 5.75 Å². The molecule has 218 valence electrons. The van der Waals surface area contributed by atoms with Crippen LogP contribution in [0.3, 0.4) is 0 Å². The van der Waals surface area contributed by atoms with Gasteiger partial charge in [-0.3, -0.25) is 9.78 Å². The molecular formula is C27H21F4N5O5S. The smallest absolute Gasteiger partial charge is 0.280 e. The summed E-state index contributed by atoms with van der Waals surface area (Å²) < 4.78 is 90.9. The number of benzene rings is 1. The van der Waals surface area contributed by atoms with Crippen molar-refractivity contribution < 1.29 is 40.2 Å². The van der Waals surface area contributed by atoms with Crippen LogP contribution < -0.4 is 15.0 Å². The van der Waals surface area contributed by atoms with Gasteiger partial charge < -0.3 is 19.7 Å². The van der Waals surface area contributed by atoms with Gasteiger partial charge in [-0.25, -0.2) is 35.9 Å². The van der Waals surface area contributed by atoms with E-state index < -0.39 is 57.3 Å². The van der Waals surface area contributed by atoms with E-state index >= 15 is 0 Å². The molecule has 10 nitrogen and oxygen atoms in total. The molecule has 1 aromatic carbocycles. The number of carbonyl (C=O) groups excluding carboxylic acids is 1. The van der Waals surface area contributed by atoms with Gasteiger partial charge in [-0.05, 0) is 42.5 Å². The standard InChI is InChI=1S/C27H21F4N5O5S/c28-18-7-15(8-22-17(18)12-40-13-23(29)42(22,38)39)27(37)33-11-16-9-20-14(10-32-16)1-4-24(34-20)36-5-6-41-21-3-2-19(25(30)31)35-26(21)36/h1-4,7-10,23,25H,5-6,11-13H2,(H,33,37)/t23-/m1/s1. The Morgan fingerprint density at radius 1 is 1.14 bits per heavy atom. The number of anilines is 2. The number of sulfone groups is 1. The minimum atomic E-state index is -4.55. The van der Waals surface area contributed by atoms with Gasteiger partial charge in [0.25, 0.3) is 12.3 Å². The molecule has 0 saturated heterocycles. The van der Waals surface area contributed by atoms with Crippen molar-refractivity contribution in [2.75, 3.05) is 24.7 Å². The van der Waals surface area contributed by atoms with Gasteiger partial charge in [0.15, 0.2) is 11.6 Å². The summed E-state index contributed by atoms with van der Waals surface area (Å²) in [6, 6.07) is 9.50. The first-order valence-electron chi connectivity index (χ1n) is 12.6. The zero-order chi connectivity index (χ0) is 29.6. The average molecular weight is 604 g/mol. The highest BCUT2D eigenvalue weighted by atomic mass is 32.2. The number of amides is 1. The van der Waals surface area contributed by atoms with Crippen LogP contribution in [0.25, 0.3) is 10.9 Å². The molecule has 4 aromatic rings. The predicted octanol–water partition coefficient (Wildman–Crippen LogP) is 4.16. The van der Waals surface area contributed by atoms with E-state index in [4.69, 9.17) is 9.47 Å². The number of nitrogens with zero attached hydrogens (tertiary/aromatic N) is 4. The highest BCUT2D eigenvalue weighted by Gasteiger charge is 2.35. The maximum absolute atomic E-state index is 14.7. The lowest BCUT2D eigenvalue weighted by Crippen LogP contribution is -2.30. The molecule has 5 heterocycles. The molecule has 1 N–H and O–H groups in total. The number of hydrogen-bond acceptors (Lipinski definition) is 9.